The van der Waals surface area contributed by atoms with Gasteiger partial charge in [0.1, 0.15) is 5.82 Å². The number of aromatic nitrogens is 2. The van der Waals surface area contributed by atoms with Crippen molar-refractivity contribution < 1.29 is 13.7 Å². The number of thiazole rings is 1. The van der Waals surface area contributed by atoms with Crippen molar-refractivity contribution in [3.05, 3.63) is 42.0 Å². The van der Waals surface area contributed by atoms with Crippen LogP contribution in [0.15, 0.2) is 35.0 Å². The van der Waals surface area contributed by atoms with Gasteiger partial charge in [-0.1, -0.05) is 16.5 Å². The van der Waals surface area contributed by atoms with Gasteiger partial charge in [-0.15, -0.1) is 12.4 Å². The fourth-order valence-electron chi connectivity index (χ4n) is 2.29. The van der Waals surface area contributed by atoms with Crippen molar-refractivity contribution in [1.29, 1.82) is 0 Å². The molecule has 2 aromatic heterocycles. The summed E-state index contributed by atoms with van der Waals surface area (Å²) in [6.45, 7) is 1.32. The number of benzene rings is 1. The first-order valence-corrected chi connectivity index (χ1v) is 8.29. The second-order valence-corrected chi connectivity index (χ2v) is 6.61. The molecular formula is C16H18ClFN4O2S. The Kier molecular flexibility index (Phi) is 6.46. The molecule has 0 bridgehead atoms. The maximum atomic E-state index is 13.4. The highest BCUT2D eigenvalue weighted by Gasteiger charge is 2.23. The van der Waals surface area contributed by atoms with Gasteiger partial charge >= 0.3 is 0 Å². The summed E-state index contributed by atoms with van der Waals surface area (Å²) in [4.78, 5) is 20.8. The first kappa shape index (κ1) is 19.3. The average molecular weight is 385 g/mol. The molecule has 0 atom stereocenters. The third-order valence-electron chi connectivity index (χ3n) is 3.45. The van der Waals surface area contributed by atoms with Crippen molar-refractivity contribution >= 4 is 45.0 Å². The Hall–Kier alpha value is -2.03. The van der Waals surface area contributed by atoms with Gasteiger partial charge < -0.3 is 9.42 Å². The second kappa shape index (κ2) is 8.37. The molecule has 0 aliphatic rings. The molecule has 0 aliphatic carbocycles. The van der Waals surface area contributed by atoms with Crippen LogP contribution in [0.3, 0.4) is 0 Å². The average Bonchev–Trinajstić information content (AvgIpc) is 3.19. The van der Waals surface area contributed by atoms with Crippen molar-refractivity contribution in [2.45, 2.75) is 6.42 Å². The number of fused-ring (bicyclic) bond motifs is 1. The van der Waals surface area contributed by atoms with Gasteiger partial charge in [0.15, 0.2) is 5.13 Å². The van der Waals surface area contributed by atoms with E-state index in [1.165, 1.54) is 35.7 Å². The Balaban J connectivity index is 0.00000225. The Morgan fingerprint density at radius 3 is 2.76 bits per heavy atom. The van der Waals surface area contributed by atoms with E-state index < -0.39 is 0 Å². The van der Waals surface area contributed by atoms with Crippen LogP contribution in [0.5, 0.6) is 0 Å². The highest BCUT2D eigenvalue weighted by Crippen LogP contribution is 2.30. The smallest absolute Gasteiger partial charge is 0.298 e. The molecule has 3 rings (SSSR count). The zero-order valence-electron chi connectivity index (χ0n) is 13.8. The molecule has 1 amide bonds. The van der Waals surface area contributed by atoms with E-state index in [1.54, 1.807) is 11.0 Å². The summed E-state index contributed by atoms with van der Waals surface area (Å²) in [6.07, 6.45) is 2.20. The zero-order valence-corrected chi connectivity index (χ0v) is 15.4. The zero-order chi connectivity index (χ0) is 17.1. The minimum Gasteiger partial charge on any atom is -0.351 e. The topological polar surface area (TPSA) is 62.5 Å². The third-order valence-corrected chi connectivity index (χ3v) is 4.49. The largest absolute Gasteiger partial charge is 0.351 e. The molecule has 9 heteroatoms. The normalized spacial score (nSPS) is 10.9. The van der Waals surface area contributed by atoms with Gasteiger partial charge in [0.2, 0.25) is 5.76 Å². The summed E-state index contributed by atoms with van der Waals surface area (Å²) >= 11 is 1.28. The minimum absolute atomic E-state index is 0. The molecule has 2 heterocycles. The van der Waals surface area contributed by atoms with Crippen LogP contribution in [0.25, 0.3) is 10.2 Å². The summed E-state index contributed by atoms with van der Waals surface area (Å²) in [5.41, 5.74) is 0.666. The summed E-state index contributed by atoms with van der Waals surface area (Å²) in [5.74, 6) is -0.463. The van der Waals surface area contributed by atoms with Crippen molar-refractivity contribution in [3.63, 3.8) is 0 Å². The van der Waals surface area contributed by atoms with Gasteiger partial charge in [-0.2, -0.15) is 0 Å². The summed E-state index contributed by atoms with van der Waals surface area (Å²) in [7, 11) is 3.95. The fraction of sp³-hybridized carbons (Fsp3) is 0.312. The van der Waals surface area contributed by atoms with Crippen LogP contribution < -0.4 is 4.90 Å². The molecule has 0 fully saturated rings. The van der Waals surface area contributed by atoms with Gasteiger partial charge in [0.25, 0.3) is 5.91 Å². The molecule has 1 aromatic carbocycles. The van der Waals surface area contributed by atoms with Gasteiger partial charge in [-0.3, -0.25) is 9.69 Å². The minimum atomic E-state index is -0.321. The van der Waals surface area contributed by atoms with Gasteiger partial charge in [0.05, 0.1) is 16.4 Å². The van der Waals surface area contributed by atoms with Crippen molar-refractivity contribution in [2.24, 2.45) is 0 Å². The summed E-state index contributed by atoms with van der Waals surface area (Å²) in [6, 6.07) is 5.92. The van der Waals surface area contributed by atoms with E-state index in [0.29, 0.717) is 21.9 Å². The van der Waals surface area contributed by atoms with Crippen LogP contribution in [-0.4, -0.2) is 48.1 Å². The molecular weight excluding hydrogens is 367 g/mol. The SMILES string of the molecule is CN(C)CCCN(C(=O)c1ccno1)c1nc2ccc(F)cc2s1.Cl. The molecule has 0 spiro atoms. The van der Waals surface area contributed by atoms with E-state index >= 15 is 0 Å². The first-order chi connectivity index (χ1) is 11.5. The number of hydrogen-bond acceptors (Lipinski definition) is 6. The fourth-order valence-corrected chi connectivity index (χ4v) is 3.30. The van der Waals surface area contributed by atoms with Crippen LogP contribution in [0.4, 0.5) is 9.52 Å². The van der Waals surface area contributed by atoms with Crippen LogP contribution >= 0.6 is 23.7 Å². The molecule has 0 aliphatic heterocycles. The number of anilines is 1. The quantitative estimate of drug-likeness (QED) is 0.651. The van der Waals surface area contributed by atoms with Crippen LogP contribution in [-0.2, 0) is 0 Å². The molecule has 25 heavy (non-hydrogen) atoms. The van der Waals surface area contributed by atoms with Crippen LogP contribution in [0.2, 0.25) is 0 Å². The Labute approximate surface area is 154 Å². The van der Waals surface area contributed by atoms with E-state index in [0.717, 1.165) is 13.0 Å². The number of halogens is 2. The Morgan fingerprint density at radius 1 is 1.28 bits per heavy atom. The molecule has 6 nitrogen and oxygen atoms in total. The highest BCUT2D eigenvalue weighted by atomic mass is 35.5. The second-order valence-electron chi connectivity index (χ2n) is 5.60. The van der Waals surface area contributed by atoms with Gasteiger partial charge in [-0.25, -0.2) is 9.37 Å². The number of rotatable bonds is 6. The molecule has 134 valence electrons. The van der Waals surface area contributed by atoms with Crippen molar-refractivity contribution in [1.82, 2.24) is 15.0 Å². The number of hydrogen-bond donors (Lipinski definition) is 0. The lowest BCUT2D eigenvalue weighted by Crippen LogP contribution is -2.33. The maximum Gasteiger partial charge on any atom is 0.298 e. The van der Waals surface area contributed by atoms with Crippen LogP contribution in [0.1, 0.15) is 17.0 Å². The predicted molar refractivity (Wildman–Crippen MR) is 98.2 cm³/mol. The van der Waals surface area contributed by atoms with Crippen molar-refractivity contribution in [3.8, 4) is 0 Å². The monoisotopic (exact) mass is 384 g/mol. The first-order valence-electron chi connectivity index (χ1n) is 7.48. The summed E-state index contributed by atoms with van der Waals surface area (Å²) < 4.78 is 19.1. The standard InChI is InChI=1S/C16H17FN4O2S.ClH/c1-20(2)8-3-9-21(15(22)13-6-7-18-23-13)16-19-12-5-4-11(17)10-14(12)24-16;/h4-7,10H,3,8-9H2,1-2H3;1H. The Bertz CT molecular complexity index is 838. The van der Waals surface area contributed by atoms with Gasteiger partial charge in [0, 0.05) is 12.6 Å². The number of carbonyl (C=O) groups excluding carboxylic acids is 1. The molecule has 0 saturated heterocycles. The Morgan fingerprint density at radius 2 is 2.08 bits per heavy atom. The highest BCUT2D eigenvalue weighted by molar-refractivity contribution is 7.22. The molecule has 0 N–H and O–H groups in total. The van der Waals surface area contributed by atoms with Crippen LogP contribution in [0, 0.1) is 5.82 Å². The van der Waals surface area contributed by atoms with E-state index in [-0.39, 0.29) is 29.9 Å². The van der Waals surface area contributed by atoms with E-state index in [2.05, 4.69) is 10.1 Å². The number of carbonyl (C=O) groups is 1. The van der Waals surface area contributed by atoms with E-state index in [4.69, 9.17) is 4.52 Å². The van der Waals surface area contributed by atoms with Gasteiger partial charge in [-0.05, 0) is 45.3 Å². The van der Waals surface area contributed by atoms with E-state index in [1.807, 2.05) is 19.0 Å². The number of nitrogens with zero attached hydrogens (tertiary/aromatic N) is 4. The van der Waals surface area contributed by atoms with E-state index in [9.17, 15) is 9.18 Å². The predicted octanol–water partition coefficient (Wildman–Crippen LogP) is 3.44. The molecule has 3 aromatic rings. The molecule has 0 unspecified atom stereocenters. The lowest BCUT2D eigenvalue weighted by atomic mass is 10.3. The number of amides is 1. The molecule has 0 radical (unpaired) electrons. The summed E-state index contributed by atoms with van der Waals surface area (Å²) in [5, 5.41) is 4.11. The molecule has 0 saturated carbocycles. The lowest BCUT2D eigenvalue weighted by molar-refractivity contribution is 0.0950. The maximum absolute atomic E-state index is 13.4. The third kappa shape index (κ3) is 4.53. The lowest BCUT2D eigenvalue weighted by Gasteiger charge is -2.19. The van der Waals surface area contributed by atoms with Crippen molar-refractivity contribution in [2.75, 3.05) is 32.1 Å².